The Balaban J connectivity index is 0.00000225. The molecular formula is C19H28ClN3O2. The minimum absolute atomic E-state index is 0. The van der Waals surface area contributed by atoms with Crippen molar-refractivity contribution < 1.29 is 9.59 Å². The Hall–Kier alpha value is -1.59. The largest absolute Gasteiger partial charge is 0.368 e. The van der Waals surface area contributed by atoms with Gasteiger partial charge in [-0.2, -0.15) is 0 Å². The van der Waals surface area contributed by atoms with Gasteiger partial charge in [-0.05, 0) is 35.9 Å². The van der Waals surface area contributed by atoms with Gasteiger partial charge in [0.1, 0.15) is 6.04 Å². The first-order valence-corrected chi connectivity index (χ1v) is 8.90. The molecule has 0 aromatic heterocycles. The topological polar surface area (TPSA) is 89.4 Å². The quantitative estimate of drug-likeness (QED) is 0.856. The summed E-state index contributed by atoms with van der Waals surface area (Å²) < 4.78 is 0. The number of carbonyl (C=O) groups excluding carboxylic acids is 2. The highest BCUT2D eigenvalue weighted by molar-refractivity contribution is 5.87. The van der Waals surface area contributed by atoms with Crippen LogP contribution in [0.5, 0.6) is 0 Å². The lowest BCUT2D eigenvalue weighted by atomic mass is 9.71. The van der Waals surface area contributed by atoms with Crippen LogP contribution in [0.3, 0.4) is 0 Å². The van der Waals surface area contributed by atoms with Crippen molar-refractivity contribution in [1.82, 2.24) is 4.90 Å². The summed E-state index contributed by atoms with van der Waals surface area (Å²) in [5.74, 6) is -0.413. The minimum Gasteiger partial charge on any atom is -0.368 e. The number of halogens is 1. The monoisotopic (exact) mass is 365 g/mol. The van der Waals surface area contributed by atoms with Gasteiger partial charge in [0.15, 0.2) is 0 Å². The smallest absolute Gasteiger partial charge is 0.240 e. The summed E-state index contributed by atoms with van der Waals surface area (Å²) in [4.78, 5) is 26.6. The van der Waals surface area contributed by atoms with Crippen molar-refractivity contribution >= 4 is 24.2 Å². The SMILES string of the molecule is Cl.NCC1(CC(=O)N2Cc3ccccc3CC2C(N)=O)CCCCC1. The number of primary amides is 1. The third kappa shape index (κ3) is 4.15. The third-order valence-electron chi connectivity index (χ3n) is 5.77. The summed E-state index contributed by atoms with van der Waals surface area (Å²) in [5.41, 5.74) is 13.7. The van der Waals surface area contributed by atoms with Gasteiger partial charge >= 0.3 is 0 Å². The molecule has 2 aliphatic rings. The number of amides is 2. The highest BCUT2D eigenvalue weighted by Gasteiger charge is 2.38. The predicted octanol–water partition coefficient (Wildman–Crippen LogP) is 2.15. The maximum Gasteiger partial charge on any atom is 0.240 e. The molecule has 1 aromatic carbocycles. The fourth-order valence-corrected chi connectivity index (χ4v) is 4.22. The second kappa shape index (κ2) is 8.19. The van der Waals surface area contributed by atoms with Crippen LogP contribution < -0.4 is 11.5 Å². The lowest BCUT2D eigenvalue weighted by Gasteiger charge is -2.40. The molecule has 5 nitrogen and oxygen atoms in total. The lowest BCUT2D eigenvalue weighted by Crippen LogP contribution is -2.52. The Morgan fingerprint density at radius 2 is 1.76 bits per heavy atom. The normalized spacial score (nSPS) is 21.8. The van der Waals surface area contributed by atoms with Crippen LogP contribution in [0.4, 0.5) is 0 Å². The molecule has 25 heavy (non-hydrogen) atoms. The van der Waals surface area contributed by atoms with E-state index in [-0.39, 0.29) is 23.7 Å². The fraction of sp³-hybridized carbons (Fsp3) is 0.579. The Morgan fingerprint density at radius 3 is 2.36 bits per heavy atom. The molecular weight excluding hydrogens is 338 g/mol. The van der Waals surface area contributed by atoms with E-state index in [1.165, 1.54) is 6.42 Å². The van der Waals surface area contributed by atoms with Crippen LogP contribution in [-0.2, 0) is 22.6 Å². The molecule has 1 atom stereocenters. The van der Waals surface area contributed by atoms with Crippen molar-refractivity contribution in [1.29, 1.82) is 0 Å². The molecule has 0 saturated heterocycles. The van der Waals surface area contributed by atoms with Crippen molar-refractivity contribution in [2.24, 2.45) is 16.9 Å². The molecule has 0 bridgehead atoms. The van der Waals surface area contributed by atoms with Gasteiger partial charge in [0.25, 0.3) is 0 Å². The molecule has 1 saturated carbocycles. The first-order chi connectivity index (χ1) is 11.5. The first kappa shape index (κ1) is 19.7. The van der Waals surface area contributed by atoms with E-state index in [1.807, 2.05) is 24.3 Å². The highest BCUT2D eigenvalue weighted by atomic mass is 35.5. The van der Waals surface area contributed by atoms with E-state index in [4.69, 9.17) is 11.5 Å². The van der Waals surface area contributed by atoms with Gasteiger partial charge in [0.2, 0.25) is 11.8 Å². The van der Waals surface area contributed by atoms with E-state index in [1.54, 1.807) is 4.90 Å². The Bertz CT molecular complexity index is 629. The average molecular weight is 366 g/mol. The molecule has 0 radical (unpaired) electrons. The number of nitrogens with two attached hydrogens (primary N) is 2. The molecule has 3 rings (SSSR count). The van der Waals surface area contributed by atoms with Gasteiger partial charge in [-0.15, -0.1) is 12.4 Å². The minimum atomic E-state index is -0.550. The molecule has 2 amide bonds. The average Bonchev–Trinajstić information content (AvgIpc) is 2.61. The van der Waals surface area contributed by atoms with E-state index in [2.05, 4.69) is 0 Å². The summed E-state index contributed by atoms with van der Waals surface area (Å²) in [7, 11) is 0. The summed E-state index contributed by atoms with van der Waals surface area (Å²) in [6, 6.07) is 7.40. The number of fused-ring (bicyclic) bond motifs is 1. The van der Waals surface area contributed by atoms with Crippen molar-refractivity contribution in [3.05, 3.63) is 35.4 Å². The Morgan fingerprint density at radius 1 is 1.12 bits per heavy atom. The molecule has 1 aliphatic heterocycles. The van der Waals surface area contributed by atoms with Gasteiger partial charge in [-0.25, -0.2) is 0 Å². The van der Waals surface area contributed by atoms with E-state index < -0.39 is 11.9 Å². The zero-order valence-corrected chi connectivity index (χ0v) is 15.4. The van der Waals surface area contributed by atoms with E-state index in [0.717, 1.165) is 36.8 Å². The molecule has 1 heterocycles. The molecule has 1 aromatic rings. The Labute approximate surface area is 155 Å². The van der Waals surface area contributed by atoms with Crippen molar-refractivity contribution in [3.8, 4) is 0 Å². The standard InChI is InChI=1S/C19H27N3O2.ClH/c20-13-19(8-4-1-5-9-19)11-17(23)22-12-15-7-3-2-6-14(15)10-16(22)18(21)24;/h2-3,6-7,16H,1,4-5,8-13,20H2,(H2,21,24);1H. The van der Waals surface area contributed by atoms with Gasteiger partial charge in [-0.3, -0.25) is 9.59 Å². The second-order valence-corrected chi connectivity index (χ2v) is 7.35. The summed E-state index contributed by atoms with van der Waals surface area (Å²) in [6.45, 7) is 0.994. The molecule has 6 heteroatoms. The van der Waals surface area contributed by atoms with Gasteiger partial charge < -0.3 is 16.4 Å². The number of rotatable bonds is 4. The van der Waals surface area contributed by atoms with Crippen molar-refractivity contribution in [3.63, 3.8) is 0 Å². The van der Waals surface area contributed by atoms with E-state index >= 15 is 0 Å². The van der Waals surface area contributed by atoms with Crippen LogP contribution in [-0.4, -0.2) is 29.3 Å². The van der Waals surface area contributed by atoms with Crippen LogP contribution in [0, 0.1) is 5.41 Å². The number of carbonyl (C=O) groups is 2. The number of hydrogen-bond donors (Lipinski definition) is 2. The number of benzene rings is 1. The highest BCUT2D eigenvalue weighted by Crippen LogP contribution is 2.39. The van der Waals surface area contributed by atoms with Crippen molar-refractivity contribution in [2.75, 3.05) is 6.54 Å². The lowest BCUT2D eigenvalue weighted by molar-refractivity contribution is -0.143. The van der Waals surface area contributed by atoms with Crippen LogP contribution in [0.2, 0.25) is 0 Å². The van der Waals surface area contributed by atoms with Gasteiger partial charge in [0.05, 0.1) is 0 Å². The molecule has 138 valence electrons. The van der Waals surface area contributed by atoms with E-state index in [0.29, 0.717) is 25.9 Å². The predicted molar refractivity (Wildman–Crippen MR) is 100 cm³/mol. The van der Waals surface area contributed by atoms with Crippen LogP contribution in [0.25, 0.3) is 0 Å². The third-order valence-corrected chi connectivity index (χ3v) is 5.77. The maximum absolute atomic E-state index is 13.0. The van der Waals surface area contributed by atoms with Crippen LogP contribution in [0.15, 0.2) is 24.3 Å². The summed E-state index contributed by atoms with van der Waals surface area (Å²) >= 11 is 0. The molecule has 4 N–H and O–H groups in total. The van der Waals surface area contributed by atoms with Crippen molar-refractivity contribution in [2.45, 2.75) is 57.5 Å². The van der Waals surface area contributed by atoms with Gasteiger partial charge in [0, 0.05) is 19.4 Å². The first-order valence-electron chi connectivity index (χ1n) is 8.90. The van der Waals surface area contributed by atoms with E-state index in [9.17, 15) is 9.59 Å². The number of hydrogen-bond acceptors (Lipinski definition) is 3. The Kier molecular flexibility index (Phi) is 6.47. The summed E-state index contributed by atoms with van der Waals surface area (Å²) in [6.07, 6.45) is 6.42. The van der Waals surface area contributed by atoms with Crippen LogP contribution in [0.1, 0.15) is 49.7 Å². The molecule has 1 aliphatic carbocycles. The zero-order chi connectivity index (χ0) is 17.2. The molecule has 1 unspecified atom stereocenters. The zero-order valence-electron chi connectivity index (χ0n) is 14.6. The summed E-state index contributed by atoms with van der Waals surface area (Å²) in [5, 5.41) is 0. The molecule has 0 spiro atoms. The second-order valence-electron chi connectivity index (χ2n) is 7.35. The maximum atomic E-state index is 13.0. The van der Waals surface area contributed by atoms with Crippen LogP contribution >= 0.6 is 12.4 Å². The fourth-order valence-electron chi connectivity index (χ4n) is 4.22. The van der Waals surface area contributed by atoms with Gasteiger partial charge in [-0.1, -0.05) is 43.5 Å². The number of nitrogens with zero attached hydrogens (tertiary/aromatic N) is 1. The molecule has 1 fully saturated rings.